The third-order valence-electron chi connectivity index (χ3n) is 5.17. The van der Waals surface area contributed by atoms with E-state index in [1.807, 2.05) is 38.1 Å². The van der Waals surface area contributed by atoms with Gasteiger partial charge in [-0.2, -0.15) is 0 Å². The number of ether oxygens (including phenoxy) is 4. The van der Waals surface area contributed by atoms with E-state index in [2.05, 4.69) is 0 Å². The largest absolute Gasteiger partial charge is 0.497 e. The van der Waals surface area contributed by atoms with E-state index in [4.69, 9.17) is 23.4 Å². The molecule has 0 spiro atoms. The molecule has 0 amide bonds. The van der Waals surface area contributed by atoms with E-state index in [1.54, 1.807) is 20.3 Å². The lowest BCUT2D eigenvalue weighted by molar-refractivity contribution is 0.0469. The van der Waals surface area contributed by atoms with Crippen molar-refractivity contribution >= 4 is 11.0 Å². The van der Waals surface area contributed by atoms with Crippen molar-refractivity contribution in [2.75, 3.05) is 21.0 Å². The second-order valence-corrected chi connectivity index (χ2v) is 7.68. The smallest absolute Gasteiger partial charge is 0.204 e. The van der Waals surface area contributed by atoms with E-state index in [0.717, 1.165) is 29.7 Å². The third-order valence-corrected chi connectivity index (χ3v) is 5.17. The van der Waals surface area contributed by atoms with Crippen molar-refractivity contribution in [3.63, 3.8) is 0 Å². The van der Waals surface area contributed by atoms with Crippen LogP contribution in [0.4, 0.5) is 0 Å². The van der Waals surface area contributed by atoms with Crippen molar-refractivity contribution in [3.05, 3.63) is 52.4 Å². The molecule has 1 aliphatic rings. The van der Waals surface area contributed by atoms with Crippen LogP contribution in [0.3, 0.4) is 0 Å². The number of methoxy groups -OCH3 is 2. The van der Waals surface area contributed by atoms with Crippen molar-refractivity contribution < 1.29 is 23.4 Å². The minimum atomic E-state index is -0.387. The third kappa shape index (κ3) is 3.56. The Morgan fingerprint density at radius 1 is 1.14 bits per heavy atom. The van der Waals surface area contributed by atoms with Crippen molar-refractivity contribution in [3.8, 4) is 28.4 Å². The van der Waals surface area contributed by atoms with Gasteiger partial charge in [-0.15, -0.1) is 0 Å². The van der Waals surface area contributed by atoms with Crippen LogP contribution in [0.2, 0.25) is 0 Å². The zero-order chi connectivity index (χ0) is 20.6. The number of benzene rings is 2. The van der Waals surface area contributed by atoms with Gasteiger partial charge in [0, 0.05) is 18.7 Å². The minimum Gasteiger partial charge on any atom is -0.497 e. The number of rotatable bonds is 5. The van der Waals surface area contributed by atoms with E-state index < -0.39 is 0 Å². The molecule has 0 bridgehead atoms. The summed E-state index contributed by atoms with van der Waals surface area (Å²) in [5, 5.41) is 0.436. The van der Waals surface area contributed by atoms with Gasteiger partial charge in [-0.05, 0) is 44.4 Å². The summed E-state index contributed by atoms with van der Waals surface area (Å²) in [6, 6.07) is 9.05. The predicted molar refractivity (Wildman–Crippen MR) is 110 cm³/mol. The van der Waals surface area contributed by atoms with E-state index >= 15 is 0 Å². The van der Waals surface area contributed by atoms with E-state index in [1.165, 1.54) is 6.26 Å². The highest BCUT2D eigenvalue weighted by atomic mass is 16.7. The lowest BCUT2D eigenvalue weighted by Gasteiger charge is -2.33. The molecule has 4 rings (SSSR count). The average Bonchev–Trinajstić information content (AvgIpc) is 2.71. The summed E-state index contributed by atoms with van der Waals surface area (Å²) < 4.78 is 28.1. The van der Waals surface area contributed by atoms with Gasteiger partial charge in [0.25, 0.3) is 0 Å². The van der Waals surface area contributed by atoms with Crippen molar-refractivity contribution in [2.45, 2.75) is 32.3 Å². The van der Waals surface area contributed by atoms with Gasteiger partial charge < -0.3 is 23.4 Å². The Labute approximate surface area is 169 Å². The summed E-state index contributed by atoms with van der Waals surface area (Å²) in [6.07, 6.45) is 3.04. The second kappa shape index (κ2) is 7.44. The lowest BCUT2D eigenvalue weighted by Crippen LogP contribution is -2.33. The Bertz CT molecular complexity index is 1100. The highest BCUT2D eigenvalue weighted by Gasteiger charge is 2.32. The van der Waals surface area contributed by atoms with Gasteiger partial charge >= 0.3 is 0 Å². The first kappa shape index (κ1) is 19.3. The van der Waals surface area contributed by atoms with Crippen LogP contribution in [0.25, 0.3) is 22.1 Å². The Hall–Kier alpha value is -2.99. The molecule has 1 aromatic heterocycles. The van der Waals surface area contributed by atoms with Crippen molar-refractivity contribution in [2.24, 2.45) is 0 Å². The molecule has 0 radical (unpaired) electrons. The predicted octanol–water partition coefficient (Wildman–Crippen LogP) is 4.55. The molecule has 0 aliphatic carbocycles. The summed E-state index contributed by atoms with van der Waals surface area (Å²) in [6.45, 7) is 4.13. The first-order valence-corrected chi connectivity index (χ1v) is 9.50. The molecule has 3 aromatic rings. The molecule has 0 saturated heterocycles. The molecule has 2 heterocycles. The monoisotopic (exact) mass is 396 g/mol. The zero-order valence-corrected chi connectivity index (χ0v) is 17.0. The first-order chi connectivity index (χ1) is 13.9. The quantitative estimate of drug-likeness (QED) is 0.589. The maximum Gasteiger partial charge on any atom is 0.204 e. The molecule has 0 atom stereocenters. The fraction of sp³-hybridized carbons (Fsp3) is 0.348. The summed E-state index contributed by atoms with van der Waals surface area (Å²) in [4.78, 5) is 13.5. The number of fused-ring (bicyclic) bond motifs is 3. The van der Waals surface area contributed by atoms with Gasteiger partial charge in [-0.3, -0.25) is 4.79 Å². The molecule has 0 unspecified atom stereocenters. The fourth-order valence-electron chi connectivity index (χ4n) is 3.60. The molecule has 0 fully saturated rings. The zero-order valence-electron chi connectivity index (χ0n) is 17.0. The molecule has 0 N–H and O–H groups in total. The van der Waals surface area contributed by atoms with Crippen LogP contribution in [-0.4, -0.2) is 26.6 Å². The number of hydrogen-bond acceptors (Lipinski definition) is 6. The molecule has 1 aliphatic heterocycles. The Morgan fingerprint density at radius 3 is 2.59 bits per heavy atom. The van der Waals surface area contributed by atoms with E-state index in [0.29, 0.717) is 28.0 Å². The maximum atomic E-state index is 13.5. The van der Waals surface area contributed by atoms with Gasteiger partial charge in [0.2, 0.25) is 5.43 Å². The standard InChI is InChI=1S/C23H24O6/c1-23(2)10-9-16-18(28-13-25-3)11-19-20(22(16)29-23)21(24)17(12-27-19)14-5-7-15(26-4)8-6-14/h5-8,11-12H,9-10,13H2,1-4H3. The van der Waals surface area contributed by atoms with E-state index in [-0.39, 0.29) is 17.8 Å². The summed E-state index contributed by atoms with van der Waals surface area (Å²) >= 11 is 0. The SMILES string of the molecule is COCOc1cc2occ(-c3ccc(OC)cc3)c(=O)c2c2c1CCC(C)(C)O2. The van der Waals surface area contributed by atoms with Gasteiger partial charge in [0.05, 0.1) is 12.7 Å². The molecule has 152 valence electrons. The molecular formula is C23H24O6. The van der Waals surface area contributed by atoms with Crippen LogP contribution < -0.4 is 19.6 Å². The molecule has 6 nitrogen and oxygen atoms in total. The van der Waals surface area contributed by atoms with Gasteiger partial charge in [0.15, 0.2) is 6.79 Å². The molecule has 29 heavy (non-hydrogen) atoms. The van der Waals surface area contributed by atoms with Crippen molar-refractivity contribution in [1.29, 1.82) is 0 Å². The van der Waals surface area contributed by atoms with Crippen molar-refractivity contribution in [1.82, 2.24) is 0 Å². The summed E-state index contributed by atoms with van der Waals surface area (Å²) in [5.74, 6) is 1.88. The topological polar surface area (TPSA) is 67.1 Å². The Morgan fingerprint density at radius 2 is 1.90 bits per heavy atom. The lowest BCUT2D eigenvalue weighted by atomic mass is 9.92. The van der Waals surface area contributed by atoms with Crippen LogP contribution in [-0.2, 0) is 11.2 Å². The second-order valence-electron chi connectivity index (χ2n) is 7.68. The highest BCUT2D eigenvalue weighted by molar-refractivity contribution is 5.90. The maximum absolute atomic E-state index is 13.5. The summed E-state index contributed by atoms with van der Waals surface area (Å²) in [5.41, 5.74) is 2.00. The normalized spacial score (nSPS) is 14.9. The molecule has 6 heteroatoms. The van der Waals surface area contributed by atoms with E-state index in [9.17, 15) is 4.79 Å². The van der Waals surface area contributed by atoms with Gasteiger partial charge in [-0.25, -0.2) is 0 Å². The van der Waals surface area contributed by atoms with Gasteiger partial charge in [0.1, 0.15) is 40.1 Å². The first-order valence-electron chi connectivity index (χ1n) is 9.50. The fourth-order valence-corrected chi connectivity index (χ4v) is 3.60. The van der Waals surface area contributed by atoms with Crippen LogP contribution in [0, 0.1) is 0 Å². The molecular weight excluding hydrogens is 372 g/mol. The average molecular weight is 396 g/mol. The minimum absolute atomic E-state index is 0.107. The Kier molecular flexibility index (Phi) is 4.96. The van der Waals surface area contributed by atoms with Crippen LogP contribution in [0.1, 0.15) is 25.8 Å². The number of hydrogen-bond donors (Lipinski definition) is 0. The Balaban J connectivity index is 1.93. The highest BCUT2D eigenvalue weighted by Crippen LogP contribution is 2.43. The van der Waals surface area contributed by atoms with Crippen LogP contribution >= 0.6 is 0 Å². The van der Waals surface area contributed by atoms with Crippen LogP contribution in [0.15, 0.2) is 45.8 Å². The van der Waals surface area contributed by atoms with Gasteiger partial charge in [-0.1, -0.05) is 12.1 Å². The van der Waals surface area contributed by atoms with Crippen LogP contribution in [0.5, 0.6) is 17.2 Å². The molecule has 2 aromatic carbocycles. The molecule has 0 saturated carbocycles. The summed E-state index contributed by atoms with van der Waals surface area (Å²) in [7, 11) is 3.17.